The number of rotatable bonds is 8. The van der Waals surface area contributed by atoms with E-state index < -0.39 is 11.6 Å². The van der Waals surface area contributed by atoms with Crippen LogP contribution in [0.3, 0.4) is 0 Å². The van der Waals surface area contributed by atoms with Crippen LogP contribution in [0.4, 0.5) is 0 Å². The van der Waals surface area contributed by atoms with Crippen molar-refractivity contribution in [1.29, 1.82) is 0 Å². The van der Waals surface area contributed by atoms with Crippen molar-refractivity contribution in [2.24, 2.45) is 5.92 Å². The minimum Gasteiger partial charge on any atom is -0.493 e. The number of hydrogen-bond acceptors (Lipinski definition) is 6. The van der Waals surface area contributed by atoms with Crippen LogP contribution in [0.5, 0.6) is 17.2 Å². The lowest BCUT2D eigenvalue weighted by molar-refractivity contribution is -0.160. The number of amides is 1. The first-order valence-corrected chi connectivity index (χ1v) is 10.2. The molecular weight excluding hydrogens is 398 g/mol. The number of methoxy groups -OCH3 is 2. The maximum absolute atomic E-state index is 12.7. The van der Waals surface area contributed by atoms with Gasteiger partial charge in [-0.3, -0.25) is 4.79 Å². The number of carbonyl (C=O) groups is 2. The van der Waals surface area contributed by atoms with Crippen LogP contribution in [0.25, 0.3) is 11.1 Å². The molecule has 1 amide bonds. The van der Waals surface area contributed by atoms with Gasteiger partial charge in [0.05, 0.1) is 20.8 Å². The Hall–Kier alpha value is -3.22. The average Bonchev–Trinajstić information content (AvgIpc) is 3.12. The van der Waals surface area contributed by atoms with E-state index in [9.17, 15) is 9.59 Å². The van der Waals surface area contributed by atoms with Crippen molar-refractivity contribution in [1.82, 2.24) is 5.32 Å². The van der Waals surface area contributed by atoms with Crippen molar-refractivity contribution in [2.75, 3.05) is 20.8 Å². The Morgan fingerprint density at radius 2 is 1.74 bits per heavy atom. The van der Waals surface area contributed by atoms with Gasteiger partial charge < -0.3 is 24.3 Å². The van der Waals surface area contributed by atoms with Crippen molar-refractivity contribution in [3.63, 3.8) is 0 Å². The molecule has 2 aromatic carbocycles. The number of esters is 1. The van der Waals surface area contributed by atoms with E-state index in [-0.39, 0.29) is 11.8 Å². The number of carbonyl (C=O) groups excluding carboxylic acids is 2. The third-order valence-electron chi connectivity index (χ3n) is 5.03. The van der Waals surface area contributed by atoms with Gasteiger partial charge in [0.15, 0.2) is 17.1 Å². The maximum atomic E-state index is 12.7. The molecule has 0 bridgehead atoms. The molecule has 0 aromatic heterocycles. The molecule has 2 aromatic rings. The summed E-state index contributed by atoms with van der Waals surface area (Å²) in [5, 5.41) is 2.85. The van der Waals surface area contributed by atoms with Crippen LogP contribution in [0.2, 0.25) is 0 Å². The summed E-state index contributed by atoms with van der Waals surface area (Å²) in [7, 11) is 3.05. The molecule has 1 aliphatic heterocycles. The van der Waals surface area contributed by atoms with Gasteiger partial charge >= 0.3 is 5.97 Å². The summed E-state index contributed by atoms with van der Waals surface area (Å²) in [6, 6.07) is 9.13. The molecule has 7 heteroatoms. The molecule has 1 heterocycles. The Morgan fingerprint density at radius 3 is 2.39 bits per heavy atom. The number of benzene rings is 2. The minimum absolute atomic E-state index is 0.114. The molecule has 0 fully saturated rings. The van der Waals surface area contributed by atoms with Gasteiger partial charge in [-0.15, -0.1) is 0 Å². The molecular formula is C24H29NO6. The van der Waals surface area contributed by atoms with Crippen LogP contribution in [0.1, 0.15) is 43.6 Å². The Morgan fingerprint density at radius 1 is 1.03 bits per heavy atom. The van der Waals surface area contributed by atoms with Crippen molar-refractivity contribution in [2.45, 2.75) is 39.8 Å². The first kappa shape index (κ1) is 22.5. The van der Waals surface area contributed by atoms with E-state index >= 15 is 0 Å². The summed E-state index contributed by atoms with van der Waals surface area (Å²) in [5.41, 5.74) is 1.71. The number of ether oxygens (including phenoxy) is 4. The standard InChI is InChI=1S/C24H29NO6/c1-14(2)13-30-23(27)24(3,4)31-20-16(10-11-19(28-5)21(20)29-6)15-8-7-9-17-18(15)12-25-22(17)26/h7-11,14H,12-13H2,1-6H3,(H,25,26). The molecule has 0 saturated carbocycles. The van der Waals surface area contributed by atoms with Crippen molar-refractivity contribution < 1.29 is 28.5 Å². The lowest BCUT2D eigenvalue weighted by atomic mass is 9.95. The predicted octanol–water partition coefficient (Wildman–Crippen LogP) is 3.97. The van der Waals surface area contributed by atoms with Gasteiger partial charge in [-0.05, 0) is 49.1 Å². The van der Waals surface area contributed by atoms with Gasteiger partial charge in [-0.25, -0.2) is 4.79 Å². The average molecular weight is 427 g/mol. The zero-order chi connectivity index (χ0) is 22.8. The minimum atomic E-state index is -1.28. The molecule has 0 unspecified atom stereocenters. The fourth-order valence-electron chi connectivity index (χ4n) is 3.43. The quantitative estimate of drug-likeness (QED) is 0.642. The summed E-state index contributed by atoms with van der Waals surface area (Å²) in [6.45, 7) is 7.95. The van der Waals surface area contributed by atoms with Crippen LogP contribution in [-0.4, -0.2) is 38.3 Å². The summed E-state index contributed by atoms with van der Waals surface area (Å²) in [6.07, 6.45) is 0. The van der Waals surface area contributed by atoms with E-state index in [0.29, 0.717) is 41.5 Å². The zero-order valence-electron chi connectivity index (χ0n) is 18.8. The zero-order valence-corrected chi connectivity index (χ0v) is 18.8. The molecule has 0 atom stereocenters. The smallest absolute Gasteiger partial charge is 0.349 e. The molecule has 0 spiro atoms. The second-order valence-electron chi connectivity index (χ2n) is 8.30. The van der Waals surface area contributed by atoms with Crippen molar-refractivity contribution in [3.05, 3.63) is 41.5 Å². The third kappa shape index (κ3) is 4.45. The molecule has 1 aliphatic rings. The highest BCUT2D eigenvalue weighted by atomic mass is 16.6. The summed E-state index contributed by atoms with van der Waals surface area (Å²) < 4.78 is 22.7. The largest absolute Gasteiger partial charge is 0.493 e. The van der Waals surface area contributed by atoms with Gasteiger partial charge in [0, 0.05) is 17.7 Å². The van der Waals surface area contributed by atoms with Gasteiger partial charge in [0.25, 0.3) is 5.91 Å². The van der Waals surface area contributed by atoms with Crippen molar-refractivity contribution in [3.8, 4) is 28.4 Å². The van der Waals surface area contributed by atoms with Crippen molar-refractivity contribution >= 4 is 11.9 Å². The normalized spacial score (nSPS) is 12.9. The molecule has 0 radical (unpaired) electrons. The van der Waals surface area contributed by atoms with Crippen LogP contribution in [0, 0.1) is 5.92 Å². The number of hydrogen-bond donors (Lipinski definition) is 1. The SMILES string of the molecule is COc1ccc(-c2cccc3c2CNC3=O)c(OC(C)(C)C(=O)OCC(C)C)c1OC. The molecule has 1 N–H and O–H groups in total. The Kier molecular flexibility index (Phi) is 6.43. The van der Waals surface area contributed by atoms with E-state index in [4.69, 9.17) is 18.9 Å². The van der Waals surface area contributed by atoms with Crippen LogP contribution < -0.4 is 19.5 Å². The molecule has 0 aliphatic carbocycles. The Balaban J connectivity index is 2.11. The highest BCUT2D eigenvalue weighted by Gasteiger charge is 2.35. The van der Waals surface area contributed by atoms with Crippen LogP contribution >= 0.6 is 0 Å². The third-order valence-corrected chi connectivity index (χ3v) is 5.03. The molecule has 31 heavy (non-hydrogen) atoms. The maximum Gasteiger partial charge on any atom is 0.349 e. The van der Waals surface area contributed by atoms with Gasteiger partial charge in [0.1, 0.15) is 0 Å². The van der Waals surface area contributed by atoms with Crippen LogP contribution in [-0.2, 0) is 16.1 Å². The predicted molar refractivity (Wildman–Crippen MR) is 117 cm³/mol. The van der Waals surface area contributed by atoms with Gasteiger partial charge in [-0.1, -0.05) is 26.0 Å². The number of nitrogens with one attached hydrogen (secondary N) is 1. The fraction of sp³-hybridized carbons (Fsp3) is 0.417. The first-order valence-electron chi connectivity index (χ1n) is 10.2. The van der Waals surface area contributed by atoms with E-state index in [2.05, 4.69) is 5.32 Å². The molecule has 3 rings (SSSR count). The van der Waals surface area contributed by atoms with Gasteiger partial charge in [0.2, 0.25) is 5.75 Å². The summed E-state index contributed by atoms with van der Waals surface area (Å²) >= 11 is 0. The highest BCUT2D eigenvalue weighted by molar-refractivity contribution is 6.01. The topological polar surface area (TPSA) is 83.1 Å². The molecule has 7 nitrogen and oxygen atoms in total. The van der Waals surface area contributed by atoms with E-state index in [1.54, 1.807) is 26.0 Å². The van der Waals surface area contributed by atoms with Crippen LogP contribution in [0.15, 0.2) is 30.3 Å². The fourth-order valence-corrected chi connectivity index (χ4v) is 3.43. The summed E-state index contributed by atoms with van der Waals surface area (Å²) in [4.78, 5) is 24.9. The lowest BCUT2D eigenvalue weighted by Crippen LogP contribution is -2.40. The van der Waals surface area contributed by atoms with E-state index in [1.807, 2.05) is 32.0 Å². The second kappa shape index (κ2) is 8.88. The Labute approximate surface area is 182 Å². The first-order chi connectivity index (χ1) is 14.7. The lowest BCUT2D eigenvalue weighted by Gasteiger charge is -2.28. The summed E-state index contributed by atoms with van der Waals surface area (Å²) in [5.74, 6) is 0.790. The van der Waals surface area contributed by atoms with E-state index in [0.717, 1.165) is 11.1 Å². The second-order valence-corrected chi connectivity index (χ2v) is 8.30. The molecule has 166 valence electrons. The number of fused-ring (bicyclic) bond motifs is 1. The molecule has 0 saturated heterocycles. The highest BCUT2D eigenvalue weighted by Crippen LogP contribution is 2.47. The Bertz CT molecular complexity index is 996. The van der Waals surface area contributed by atoms with Gasteiger partial charge in [-0.2, -0.15) is 0 Å². The monoisotopic (exact) mass is 427 g/mol. The van der Waals surface area contributed by atoms with E-state index in [1.165, 1.54) is 14.2 Å².